The van der Waals surface area contributed by atoms with Crippen molar-refractivity contribution in [2.75, 3.05) is 19.8 Å². The second-order valence-corrected chi connectivity index (χ2v) is 18.7. The highest BCUT2D eigenvalue weighted by Gasteiger charge is 2.66. The molecule has 0 spiro atoms. The van der Waals surface area contributed by atoms with Gasteiger partial charge in [-0.1, -0.05) is 78.7 Å². The lowest BCUT2D eigenvalue weighted by Gasteiger charge is -2.60. The lowest BCUT2D eigenvalue weighted by molar-refractivity contribution is -0.385. The van der Waals surface area contributed by atoms with Gasteiger partial charge in [-0.3, -0.25) is 25.0 Å². The van der Waals surface area contributed by atoms with Gasteiger partial charge in [0.05, 0.1) is 34.1 Å². The molecule has 5 aromatic rings. The Bertz CT molecular complexity index is 2790. The van der Waals surface area contributed by atoms with Gasteiger partial charge in [-0.25, -0.2) is 0 Å². The van der Waals surface area contributed by atoms with Gasteiger partial charge >= 0.3 is 0 Å². The molecule has 15 heteroatoms. The maximum absolute atomic E-state index is 15.2. The van der Waals surface area contributed by atoms with Crippen molar-refractivity contribution >= 4 is 33.8 Å². The van der Waals surface area contributed by atoms with Gasteiger partial charge in [0, 0.05) is 61.8 Å². The van der Waals surface area contributed by atoms with Crippen molar-refractivity contribution in [3.05, 3.63) is 170 Å². The zero-order chi connectivity index (χ0) is 48.8. The molecular weight excluding hydrogens is 893 g/mol. The van der Waals surface area contributed by atoms with Gasteiger partial charge in [0.2, 0.25) is 11.7 Å². The fourth-order valence-electron chi connectivity index (χ4n) is 10.9. The minimum atomic E-state index is -1.50. The van der Waals surface area contributed by atoms with Gasteiger partial charge in [-0.2, -0.15) is 0 Å². The fourth-order valence-corrected chi connectivity index (χ4v) is 10.9. The molecule has 9 rings (SSSR count). The number of hydrogen-bond donors (Lipinski definition) is 2. The number of rotatable bonds is 22. The first-order valence-electron chi connectivity index (χ1n) is 24.3. The summed E-state index contributed by atoms with van der Waals surface area (Å²) >= 11 is 0. The van der Waals surface area contributed by atoms with E-state index >= 15 is 4.79 Å². The first-order valence-corrected chi connectivity index (χ1v) is 24.3. The summed E-state index contributed by atoms with van der Waals surface area (Å²) in [5.41, 5.74) is 3.79. The number of hydrogen-bond acceptors (Lipinski definition) is 12. The highest BCUT2D eigenvalue weighted by molar-refractivity contribution is 6.03. The van der Waals surface area contributed by atoms with Gasteiger partial charge in [-0.05, 0) is 114 Å². The Morgan fingerprint density at radius 2 is 1.59 bits per heavy atom. The molecule has 0 saturated heterocycles. The molecule has 0 bridgehead atoms. The number of nitro benzene ring substituents is 2. The third kappa shape index (κ3) is 10.0. The van der Waals surface area contributed by atoms with Crippen molar-refractivity contribution in [1.82, 2.24) is 4.90 Å². The monoisotopic (exact) mass is 950 g/mol. The Morgan fingerprint density at radius 3 is 2.33 bits per heavy atom. The fraction of sp³-hybridized carbons (Fsp3) is 0.382. The van der Waals surface area contributed by atoms with E-state index in [0.717, 1.165) is 66.0 Å². The summed E-state index contributed by atoms with van der Waals surface area (Å²) in [7, 11) is 0. The van der Waals surface area contributed by atoms with Crippen LogP contribution in [0, 0.1) is 43.9 Å². The van der Waals surface area contributed by atoms with E-state index in [0.29, 0.717) is 41.4 Å². The van der Waals surface area contributed by atoms with Crippen LogP contribution >= 0.6 is 0 Å². The van der Waals surface area contributed by atoms with E-state index in [4.69, 9.17) is 24.2 Å². The molecule has 364 valence electrons. The number of unbranched alkanes of at least 4 members (excludes halogenated alkanes) is 2. The molecule has 3 aliphatic carbocycles. The Balaban J connectivity index is 1.24. The van der Waals surface area contributed by atoms with E-state index in [2.05, 4.69) is 36.9 Å². The summed E-state index contributed by atoms with van der Waals surface area (Å²) in [6.45, 7) is 4.51. The molecule has 0 radical (unpaired) electrons. The summed E-state index contributed by atoms with van der Waals surface area (Å²) in [6.07, 6.45) is 9.80. The maximum Gasteiger partial charge on any atom is 0.273 e. The normalized spacial score (nSPS) is 22.8. The number of aliphatic hydroxyl groups is 2. The van der Waals surface area contributed by atoms with E-state index in [1.165, 1.54) is 24.3 Å². The lowest BCUT2D eigenvalue weighted by Crippen LogP contribution is -2.70. The zero-order valence-corrected chi connectivity index (χ0v) is 39.0. The van der Waals surface area contributed by atoms with Crippen LogP contribution in [0.4, 0.5) is 11.4 Å². The van der Waals surface area contributed by atoms with E-state index < -0.39 is 27.6 Å². The number of carbonyl (C=O) groups excluding carboxylic acids is 1. The maximum atomic E-state index is 15.2. The van der Waals surface area contributed by atoms with Gasteiger partial charge in [0.1, 0.15) is 29.9 Å². The Morgan fingerprint density at radius 1 is 0.857 bits per heavy atom. The second-order valence-electron chi connectivity index (χ2n) is 18.7. The topological polar surface area (TPSA) is 196 Å². The van der Waals surface area contributed by atoms with Crippen LogP contribution in [-0.4, -0.2) is 68.2 Å². The highest BCUT2D eigenvalue weighted by Crippen LogP contribution is 2.62. The molecule has 1 heterocycles. The quantitative estimate of drug-likeness (QED) is 0.0290. The van der Waals surface area contributed by atoms with Crippen LogP contribution in [0.3, 0.4) is 0 Å². The number of allylic oxidation sites excluding steroid dienone is 1. The summed E-state index contributed by atoms with van der Waals surface area (Å²) in [6, 6.07) is 31.2. The number of nitrogens with zero attached hydrogens (tertiary/aromatic N) is 4. The number of oxime groups is 1. The standard InChI is InChI=1S/C55H58N4O11/c1-2-29-67-55-51(57(54(62)38-21-22-38)34-40-14-9-13-37-11-3-4-17-45(37)40)33-49(56-68-35-36-19-23-41(24-20-36)58(63)64)47-30-39(12-5-7-27-60)46(18-6-8-28-61)52(53(47)55)48-32-44(25-26-50(48)70-55)69-43-16-10-15-42(31-43)59(65)66/h2-4,9-11,13-17,19-20,23-26,30-32,38-39,46,51-53,60-61H,1,5-8,12,18,21-22,27-29,33-35H2/t39-,46+,51-,52+,53+,55+/m0/s1. The first kappa shape index (κ1) is 48.1. The van der Waals surface area contributed by atoms with Gasteiger partial charge in [0.15, 0.2) is 0 Å². The van der Waals surface area contributed by atoms with E-state index in [1.54, 1.807) is 36.4 Å². The smallest absolute Gasteiger partial charge is 0.273 e. The number of carbonyl (C=O) groups is 1. The van der Waals surface area contributed by atoms with Gasteiger partial charge < -0.3 is 34.2 Å². The van der Waals surface area contributed by atoms with E-state index in [1.807, 2.05) is 35.2 Å². The number of amides is 1. The Hall–Kier alpha value is -6.94. The lowest BCUT2D eigenvalue weighted by atomic mass is 9.55. The highest BCUT2D eigenvalue weighted by atomic mass is 16.7. The van der Waals surface area contributed by atoms with Crippen LogP contribution in [0.2, 0.25) is 0 Å². The summed E-state index contributed by atoms with van der Waals surface area (Å²) in [5.74, 6) is -1.46. The minimum absolute atomic E-state index is 0.0121. The molecule has 0 aromatic heterocycles. The number of benzene rings is 5. The number of non-ortho nitro benzene ring substituents is 2. The van der Waals surface area contributed by atoms with Gasteiger partial charge in [-0.15, -0.1) is 6.58 Å². The predicted octanol–water partition coefficient (Wildman–Crippen LogP) is 10.7. The molecule has 2 saturated carbocycles. The second kappa shape index (κ2) is 21.4. The molecule has 2 N–H and O–H groups in total. The minimum Gasteiger partial charge on any atom is -0.459 e. The zero-order valence-electron chi connectivity index (χ0n) is 39.0. The van der Waals surface area contributed by atoms with Crippen LogP contribution in [0.15, 0.2) is 139 Å². The molecule has 15 nitrogen and oxygen atoms in total. The Labute approximate surface area is 406 Å². The summed E-state index contributed by atoms with van der Waals surface area (Å²) in [5, 5.41) is 50.3. The third-order valence-corrected chi connectivity index (χ3v) is 14.3. The van der Waals surface area contributed by atoms with Crippen molar-refractivity contribution in [3.63, 3.8) is 0 Å². The van der Waals surface area contributed by atoms with Gasteiger partial charge in [0.25, 0.3) is 11.4 Å². The third-order valence-electron chi connectivity index (χ3n) is 14.3. The van der Waals surface area contributed by atoms with Crippen LogP contribution in [0.5, 0.6) is 17.2 Å². The SMILES string of the molecule is C=CCO[C@@]12Oc3ccc(Oc4cccc([N+](=O)[O-])c4)cc3[C@H]3[C@H](CCCCO)[C@@H](CCCCO)C=C(C(=NOCc4ccc([N+](=O)[O-])cc4)C[C@@H]1N(Cc1cccc4ccccc14)C(=O)C1CC1)[C@H]32. The summed E-state index contributed by atoms with van der Waals surface area (Å²) < 4.78 is 21.1. The molecule has 1 aliphatic heterocycles. The molecule has 1 amide bonds. The number of nitro groups is 2. The van der Waals surface area contributed by atoms with Crippen LogP contribution in [0.25, 0.3) is 10.8 Å². The van der Waals surface area contributed by atoms with Crippen molar-refractivity contribution in [3.8, 4) is 17.2 Å². The van der Waals surface area contributed by atoms with Crippen molar-refractivity contribution in [2.24, 2.45) is 28.8 Å². The molecule has 0 unspecified atom stereocenters. The van der Waals surface area contributed by atoms with Crippen molar-refractivity contribution < 1.29 is 43.9 Å². The van der Waals surface area contributed by atoms with Crippen molar-refractivity contribution in [2.45, 2.75) is 88.7 Å². The average molecular weight is 951 g/mol. The summed E-state index contributed by atoms with van der Waals surface area (Å²) in [4.78, 5) is 45.7. The number of aliphatic hydroxyl groups excluding tert-OH is 2. The first-order chi connectivity index (χ1) is 34.1. The molecule has 2 fully saturated rings. The predicted molar refractivity (Wildman–Crippen MR) is 263 cm³/mol. The largest absolute Gasteiger partial charge is 0.459 e. The van der Waals surface area contributed by atoms with Crippen LogP contribution < -0.4 is 9.47 Å². The Kier molecular flexibility index (Phi) is 14.7. The van der Waals surface area contributed by atoms with Crippen LogP contribution in [-0.2, 0) is 27.5 Å². The molecule has 70 heavy (non-hydrogen) atoms. The van der Waals surface area contributed by atoms with E-state index in [-0.39, 0.29) is 80.3 Å². The van der Waals surface area contributed by atoms with Crippen LogP contribution in [0.1, 0.15) is 80.4 Å². The van der Waals surface area contributed by atoms with E-state index in [9.17, 15) is 30.4 Å². The molecule has 6 atom stereocenters. The molecule has 4 aliphatic rings. The number of fused-ring (bicyclic) bond motifs is 3. The number of ether oxygens (including phenoxy) is 3. The van der Waals surface area contributed by atoms with Crippen molar-refractivity contribution in [1.29, 1.82) is 0 Å². The molecule has 5 aromatic carbocycles. The average Bonchev–Trinajstić information content (AvgIpc) is 4.23. The molecular formula is C55H58N4O11.